The Kier molecular flexibility index (Phi) is 32.3. The van der Waals surface area contributed by atoms with E-state index >= 15 is 0 Å². The molecule has 0 aliphatic carbocycles. The molecule has 0 radical (unpaired) electrons. The maximum absolute atomic E-state index is 13.4. The summed E-state index contributed by atoms with van der Waals surface area (Å²) in [5.74, 6) is -0.739. The first kappa shape index (κ1) is 96.6. The van der Waals surface area contributed by atoms with Crippen LogP contribution >= 0.6 is 87.1 Å². The Labute approximate surface area is 779 Å². The molecule has 0 amide bonds. The Hall–Kier alpha value is -9.47. The van der Waals surface area contributed by atoms with Crippen molar-refractivity contribution in [3.63, 3.8) is 0 Å². The van der Waals surface area contributed by atoms with E-state index in [2.05, 4.69) is 14.7 Å². The highest BCUT2D eigenvalue weighted by molar-refractivity contribution is 8.25. The Morgan fingerprint density at radius 3 is 0.908 bits per heavy atom. The normalized spacial score (nSPS) is 21.2. The number of halogens is 3. The molecule has 4 heterocycles. The molecule has 9 unspecified atom stereocenters. The van der Waals surface area contributed by atoms with Gasteiger partial charge in [0.1, 0.15) is 78.2 Å². The molecule has 4 saturated heterocycles. The van der Waals surface area contributed by atoms with Crippen LogP contribution in [0.3, 0.4) is 0 Å². The highest BCUT2D eigenvalue weighted by Gasteiger charge is 2.47. The summed E-state index contributed by atoms with van der Waals surface area (Å²) in [6.07, 6.45) is -2.58. The van der Waals surface area contributed by atoms with E-state index in [9.17, 15) is 92.9 Å². The molecule has 676 valence electrons. The van der Waals surface area contributed by atoms with Crippen LogP contribution in [0.1, 0.15) is 139 Å². The molecule has 0 spiro atoms. The SMILES string of the molecule is O=P(O)(O)c1ccc(-c2ccc([C@@H]3[C@@H](CCCC(O)c4ccc(F)cc4)SC(=S)N3c3ccccc3)c(O)c2)cc1.O=P(O)(O)c1ccc(-c2ccc([C@@H]3[C@@H](CCC[C@@H](O)c4ccc(F)cc4)SC(=S)N3c3ccccc3)c(O)c2)cc1.OCC1OC(c2ccc(-c3ccc(C4C(CCCC(O)c5ccc(F)cc5)SC(=S)N4c4ccccc4)c(O)c3)cc2)C(O)C(O)C1O. The summed E-state index contributed by atoms with van der Waals surface area (Å²) in [5, 5.41) is 106. The number of thiocarbonyl (C=S) groups is 3. The lowest BCUT2D eigenvalue weighted by atomic mass is 9.90. The molecule has 4 aliphatic rings. The third-order valence-electron chi connectivity index (χ3n) is 23.6. The Morgan fingerprint density at radius 1 is 0.362 bits per heavy atom. The number of rotatable bonds is 28. The first-order valence-corrected chi connectivity index (χ1v) is 49.2. The second-order valence-electron chi connectivity index (χ2n) is 32.1. The summed E-state index contributed by atoms with van der Waals surface area (Å²) in [6.45, 7) is -0.504. The second-order valence-corrected chi connectivity index (χ2v) is 40.9. The van der Waals surface area contributed by atoms with E-state index in [4.69, 9.17) is 41.4 Å². The van der Waals surface area contributed by atoms with E-state index in [-0.39, 0.29) is 79.2 Å². The van der Waals surface area contributed by atoms with Gasteiger partial charge in [0.05, 0.1) is 53.7 Å². The molecule has 0 aromatic heterocycles. The molecule has 0 saturated carbocycles. The highest BCUT2D eigenvalue weighted by Crippen LogP contribution is 2.54. The quantitative estimate of drug-likeness (QED) is 0.0160. The number of hydrogen-bond acceptors (Lipinski definition) is 19. The zero-order valence-electron chi connectivity index (χ0n) is 69.7. The lowest BCUT2D eigenvalue weighted by molar-refractivity contribution is -0.231. The topological polar surface area (TPSA) is 336 Å². The van der Waals surface area contributed by atoms with Gasteiger partial charge in [0, 0.05) is 49.5 Å². The molecule has 4 aliphatic heterocycles. The molecule has 12 aromatic rings. The number of aromatic hydroxyl groups is 3. The largest absolute Gasteiger partial charge is 0.508 e. The number of benzene rings is 12. The summed E-state index contributed by atoms with van der Waals surface area (Å²) >= 11 is 22.2. The van der Waals surface area contributed by atoms with Crippen LogP contribution in [0.5, 0.6) is 17.2 Å². The number of phenols is 3. The molecule has 20 nitrogen and oxygen atoms in total. The van der Waals surface area contributed by atoms with Crippen LogP contribution in [0, 0.1) is 17.5 Å². The van der Waals surface area contributed by atoms with Gasteiger partial charge < -0.3 is 90.1 Å². The van der Waals surface area contributed by atoms with Gasteiger partial charge in [-0.15, -0.1) is 0 Å². The molecule has 4 fully saturated rings. The zero-order valence-corrected chi connectivity index (χ0v) is 76.4. The molecule has 14 N–H and O–H groups in total. The molecule has 14 atom stereocenters. The fraction of sp³-hybridized carbons (Fsp3) is 0.242. The van der Waals surface area contributed by atoms with Crippen molar-refractivity contribution in [2.75, 3.05) is 21.3 Å². The number of ether oxygens (including phenoxy) is 1. The number of aliphatic hydroxyl groups is 7. The lowest BCUT2D eigenvalue weighted by Gasteiger charge is -2.40. The van der Waals surface area contributed by atoms with Crippen LogP contribution in [0.15, 0.2) is 291 Å². The molecular formula is C99H96F3N3O17P2S6. The number of phenolic OH excluding ortho intramolecular Hbond substituents is 3. The van der Waals surface area contributed by atoms with Gasteiger partial charge in [-0.1, -0.05) is 248 Å². The minimum absolute atomic E-state index is 0.00223. The maximum atomic E-state index is 13.4. The zero-order chi connectivity index (χ0) is 92.2. The number of nitrogens with zero attached hydrogens (tertiary/aromatic N) is 3. The number of para-hydroxylation sites is 3. The molecular weight excluding hydrogens is 1810 g/mol. The van der Waals surface area contributed by atoms with Gasteiger partial charge in [-0.05, 0) is 229 Å². The van der Waals surface area contributed by atoms with Crippen LogP contribution in [0.4, 0.5) is 30.2 Å². The fourth-order valence-corrected chi connectivity index (χ4v) is 23.4. The van der Waals surface area contributed by atoms with Gasteiger partial charge in [0.2, 0.25) is 0 Å². The summed E-state index contributed by atoms with van der Waals surface area (Å²) in [5.41, 5.74) is 11.9. The van der Waals surface area contributed by atoms with Crippen molar-refractivity contribution in [1.82, 2.24) is 0 Å². The van der Waals surface area contributed by atoms with E-state index in [0.717, 1.165) is 53.0 Å². The van der Waals surface area contributed by atoms with Gasteiger partial charge >= 0.3 is 15.2 Å². The standard InChI is InChI=1S/C37H38FNO7S2.2C31H29FNO5PS2/c38-25-16-13-22(14-17-25)28(41)7-4-8-31-32(39(37(47)48-31)26-5-2-1-3-6-26)27-18-15-24(19-29(27)42)21-9-11-23(12-10-21)36-35(45)34(44)33(43)30(20-40)46-36;2*32-23-14-9-21(10-15-23)27(34)7-4-8-29-30(33(31(40)41-29)24-5-2-1-3-6-24)26-18-13-22(19-28(26)35)20-11-16-25(17-12-20)39(36,37)38/h1-3,5-6,9-19,28,30-36,40-45H,4,7-8,20H2;2*1-3,5-6,9-19,27,29-30,34-35H,4,7-8H2,(H2,36,37,38)/t;27?,29-,30-;27-,29-,30-/m.11/s1. The molecule has 0 bridgehead atoms. The minimum atomic E-state index is -4.35. The van der Waals surface area contributed by atoms with Crippen molar-refractivity contribution in [3.8, 4) is 50.6 Å². The number of thioether (sulfide) groups is 3. The van der Waals surface area contributed by atoms with Gasteiger partial charge in [-0.3, -0.25) is 9.13 Å². The predicted octanol–water partition coefficient (Wildman–Crippen LogP) is 19.3. The summed E-state index contributed by atoms with van der Waals surface area (Å²) < 4.78 is 70.8. The van der Waals surface area contributed by atoms with Crippen LogP contribution in [0.25, 0.3) is 33.4 Å². The monoisotopic (exact) mass is 1910 g/mol. The fourth-order valence-electron chi connectivity index (χ4n) is 16.8. The van der Waals surface area contributed by atoms with Crippen molar-refractivity contribution in [1.29, 1.82) is 0 Å². The smallest absolute Gasteiger partial charge is 0.356 e. The van der Waals surface area contributed by atoms with Crippen molar-refractivity contribution >= 4 is 128 Å². The van der Waals surface area contributed by atoms with Gasteiger partial charge in [-0.2, -0.15) is 0 Å². The predicted molar refractivity (Wildman–Crippen MR) is 519 cm³/mol. The second kappa shape index (κ2) is 43.5. The van der Waals surface area contributed by atoms with Crippen LogP contribution in [-0.4, -0.2) is 130 Å². The summed E-state index contributed by atoms with van der Waals surface area (Å²) in [4.78, 5) is 43.8. The first-order valence-electron chi connectivity index (χ1n) is 42.1. The minimum Gasteiger partial charge on any atom is -0.508 e. The third kappa shape index (κ3) is 23.2. The Balaban J connectivity index is 0.000000158. The van der Waals surface area contributed by atoms with E-state index < -0.39 is 70.6 Å². The molecule has 16 rings (SSSR count). The average molecular weight is 1910 g/mol. The number of aliphatic hydroxyl groups excluding tert-OH is 7. The maximum Gasteiger partial charge on any atom is 0.356 e. The average Bonchev–Trinajstić information content (AvgIpc) is 1.60. The first-order chi connectivity index (χ1) is 62.4. The van der Waals surface area contributed by atoms with Crippen LogP contribution < -0.4 is 25.3 Å². The van der Waals surface area contributed by atoms with Crippen molar-refractivity contribution < 1.29 is 97.7 Å². The van der Waals surface area contributed by atoms with Gasteiger partial charge in [0.25, 0.3) is 0 Å². The van der Waals surface area contributed by atoms with E-state index in [1.165, 1.54) is 60.7 Å². The van der Waals surface area contributed by atoms with E-state index in [1.807, 2.05) is 140 Å². The summed E-state index contributed by atoms with van der Waals surface area (Å²) in [6, 6.07) is 81.8. The highest BCUT2D eigenvalue weighted by atomic mass is 32.2. The summed E-state index contributed by atoms with van der Waals surface area (Å²) in [7, 11) is -8.69. The number of anilines is 3. The molecule has 31 heteroatoms. The lowest BCUT2D eigenvalue weighted by Crippen LogP contribution is -2.55. The number of hydrogen-bond donors (Lipinski definition) is 14. The van der Waals surface area contributed by atoms with Crippen molar-refractivity contribution in [2.45, 2.75) is 140 Å². The van der Waals surface area contributed by atoms with Crippen LogP contribution in [0.2, 0.25) is 0 Å². The van der Waals surface area contributed by atoms with Gasteiger partial charge in [-0.25, -0.2) is 13.2 Å². The van der Waals surface area contributed by atoms with Crippen molar-refractivity contribution in [2.24, 2.45) is 0 Å². The van der Waals surface area contributed by atoms with Gasteiger partial charge in [0.15, 0.2) is 0 Å². The molecule has 130 heavy (non-hydrogen) atoms. The van der Waals surface area contributed by atoms with Crippen molar-refractivity contribution in [3.05, 3.63) is 348 Å². The Morgan fingerprint density at radius 2 is 0.638 bits per heavy atom. The Bertz CT molecular complexity index is 5740. The third-order valence-corrected chi connectivity index (χ3v) is 30.6. The molecule has 12 aromatic carbocycles. The van der Waals surface area contributed by atoms with E-state index in [1.54, 1.807) is 126 Å². The van der Waals surface area contributed by atoms with E-state index in [0.29, 0.717) is 107 Å². The van der Waals surface area contributed by atoms with Crippen LogP contribution in [-0.2, 0) is 13.9 Å².